The molecule has 0 aliphatic carbocycles. The molecule has 4 nitrogen and oxygen atoms in total. The van der Waals surface area contributed by atoms with Gasteiger partial charge in [-0.05, 0) is 31.7 Å². The number of hydrogen-bond acceptors (Lipinski definition) is 3. The molecule has 0 bridgehead atoms. The van der Waals surface area contributed by atoms with Gasteiger partial charge in [0.05, 0.1) is 5.75 Å². The van der Waals surface area contributed by atoms with Crippen molar-refractivity contribution in [3.05, 3.63) is 0 Å². The van der Waals surface area contributed by atoms with E-state index < -0.39 is 10.0 Å². The van der Waals surface area contributed by atoms with Crippen LogP contribution in [0.25, 0.3) is 0 Å². The normalized spacial score (nSPS) is 22.5. The van der Waals surface area contributed by atoms with Crippen molar-refractivity contribution in [1.82, 2.24) is 10.0 Å². The highest BCUT2D eigenvalue weighted by Gasteiger charge is 2.16. The average molecular weight is 234 g/mol. The average Bonchev–Trinajstić information content (AvgIpc) is 2.53. The Labute approximate surface area is 92.9 Å². The molecule has 1 atom stereocenters. The summed E-state index contributed by atoms with van der Waals surface area (Å²) in [5.74, 6) is 0.414. The van der Waals surface area contributed by atoms with Gasteiger partial charge in [0.25, 0.3) is 0 Å². The molecule has 5 heteroatoms. The SMILES string of the molecule is CC(C)CS(=O)(=O)NCC[C@@H]1CCCN1. The second kappa shape index (κ2) is 5.82. The Kier molecular flexibility index (Phi) is 5.02. The van der Waals surface area contributed by atoms with E-state index in [4.69, 9.17) is 0 Å². The largest absolute Gasteiger partial charge is 0.314 e. The standard InChI is InChI=1S/C10H22N2O2S/c1-9(2)8-15(13,14)12-7-5-10-4-3-6-11-10/h9-12H,3-8H2,1-2H3/t10-/m0/s1. The second-order valence-electron chi connectivity index (χ2n) is 4.65. The molecule has 1 aliphatic rings. The van der Waals surface area contributed by atoms with Crippen molar-refractivity contribution in [2.75, 3.05) is 18.8 Å². The van der Waals surface area contributed by atoms with Crippen molar-refractivity contribution in [2.45, 2.75) is 39.2 Å². The lowest BCUT2D eigenvalue weighted by Gasteiger charge is -2.12. The molecule has 90 valence electrons. The third-order valence-electron chi connectivity index (χ3n) is 2.53. The van der Waals surface area contributed by atoms with Gasteiger partial charge >= 0.3 is 0 Å². The van der Waals surface area contributed by atoms with Gasteiger partial charge in [-0.25, -0.2) is 13.1 Å². The van der Waals surface area contributed by atoms with Gasteiger partial charge in [0.15, 0.2) is 0 Å². The Balaban J connectivity index is 2.18. The van der Waals surface area contributed by atoms with Crippen LogP contribution in [-0.4, -0.2) is 33.3 Å². The van der Waals surface area contributed by atoms with Crippen LogP contribution in [0.4, 0.5) is 0 Å². The molecular weight excluding hydrogens is 212 g/mol. The Morgan fingerprint density at radius 2 is 2.20 bits per heavy atom. The van der Waals surface area contributed by atoms with Gasteiger partial charge in [-0.2, -0.15) is 0 Å². The Hall–Kier alpha value is -0.130. The van der Waals surface area contributed by atoms with E-state index in [0.29, 0.717) is 12.6 Å². The minimum absolute atomic E-state index is 0.187. The first kappa shape index (κ1) is 12.9. The van der Waals surface area contributed by atoms with Crippen molar-refractivity contribution in [1.29, 1.82) is 0 Å². The topological polar surface area (TPSA) is 58.2 Å². The fourth-order valence-electron chi connectivity index (χ4n) is 1.89. The number of rotatable bonds is 6. The first-order valence-corrected chi connectivity index (χ1v) is 7.35. The summed E-state index contributed by atoms with van der Waals surface area (Å²) in [7, 11) is -3.05. The molecule has 0 spiro atoms. The monoisotopic (exact) mass is 234 g/mol. The number of nitrogens with one attached hydrogen (secondary N) is 2. The fraction of sp³-hybridized carbons (Fsp3) is 1.00. The van der Waals surface area contributed by atoms with E-state index in [1.54, 1.807) is 0 Å². The minimum Gasteiger partial charge on any atom is -0.314 e. The van der Waals surface area contributed by atoms with E-state index in [1.165, 1.54) is 12.8 Å². The van der Waals surface area contributed by atoms with Crippen LogP contribution in [0.5, 0.6) is 0 Å². The van der Waals surface area contributed by atoms with Gasteiger partial charge in [-0.15, -0.1) is 0 Å². The van der Waals surface area contributed by atoms with Crippen LogP contribution in [-0.2, 0) is 10.0 Å². The zero-order valence-corrected chi connectivity index (χ0v) is 10.4. The van der Waals surface area contributed by atoms with Gasteiger partial charge in [0.2, 0.25) is 10.0 Å². The van der Waals surface area contributed by atoms with Crippen LogP contribution in [0.15, 0.2) is 0 Å². The molecule has 2 N–H and O–H groups in total. The van der Waals surface area contributed by atoms with Crippen LogP contribution >= 0.6 is 0 Å². The van der Waals surface area contributed by atoms with Crippen molar-refractivity contribution in [3.63, 3.8) is 0 Å². The highest BCUT2D eigenvalue weighted by atomic mass is 32.2. The zero-order valence-electron chi connectivity index (χ0n) is 9.62. The van der Waals surface area contributed by atoms with Gasteiger partial charge in [-0.3, -0.25) is 0 Å². The summed E-state index contributed by atoms with van der Waals surface area (Å²) in [6, 6.07) is 0.506. The summed E-state index contributed by atoms with van der Waals surface area (Å²) < 4.78 is 25.6. The van der Waals surface area contributed by atoms with Gasteiger partial charge < -0.3 is 5.32 Å². The molecule has 0 aromatic carbocycles. The van der Waals surface area contributed by atoms with Gasteiger partial charge in [0, 0.05) is 12.6 Å². The van der Waals surface area contributed by atoms with Crippen LogP contribution in [0.1, 0.15) is 33.1 Å². The predicted octanol–water partition coefficient (Wildman–Crippen LogP) is 0.704. The summed E-state index contributed by atoms with van der Waals surface area (Å²) in [5, 5.41) is 3.35. The molecule has 0 radical (unpaired) electrons. The molecule has 0 unspecified atom stereocenters. The Morgan fingerprint density at radius 1 is 1.47 bits per heavy atom. The van der Waals surface area contributed by atoms with E-state index in [9.17, 15) is 8.42 Å². The maximum atomic E-state index is 11.5. The summed E-state index contributed by atoms with van der Waals surface area (Å²) in [5.41, 5.74) is 0. The molecule has 1 saturated heterocycles. The predicted molar refractivity (Wildman–Crippen MR) is 62.3 cm³/mol. The molecular formula is C10H22N2O2S. The van der Waals surface area contributed by atoms with Gasteiger partial charge in [-0.1, -0.05) is 13.8 Å². The molecule has 0 aromatic rings. The van der Waals surface area contributed by atoms with Crippen molar-refractivity contribution >= 4 is 10.0 Å². The van der Waals surface area contributed by atoms with Gasteiger partial charge in [0.1, 0.15) is 0 Å². The number of hydrogen-bond donors (Lipinski definition) is 2. The fourth-order valence-corrected chi connectivity index (χ4v) is 3.31. The maximum Gasteiger partial charge on any atom is 0.211 e. The Morgan fingerprint density at radius 3 is 2.73 bits per heavy atom. The quantitative estimate of drug-likeness (QED) is 0.711. The third kappa shape index (κ3) is 5.49. The second-order valence-corrected chi connectivity index (χ2v) is 6.50. The summed E-state index contributed by atoms with van der Waals surface area (Å²) >= 11 is 0. The lowest BCUT2D eigenvalue weighted by Crippen LogP contribution is -2.33. The first-order chi connectivity index (χ1) is 6.99. The molecule has 1 aliphatic heterocycles. The maximum absolute atomic E-state index is 11.5. The van der Waals surface area contributed by atoms with E-state index in [-0.39, 0.29) is 11.7 Å². The van der Waals surface area contributed by atoms with E-state index in [2.05, 4.69) is 10.0 Å². The zero-order chi connectivity index (χ0) is 11.3. The molecule has 1 heterocycles. The summed E-state index contributed by atoms with van der Waals surface area (Å²) in [6.07, 6.45) is 3.28. The van der Waals surface area contributed by atoms with Crippen LogP contribution in [0, 0.1) is 5.92 Å². The third-order valence-corrected chi connectivity index (χ3v) is 4.28. The van der Waals surface area contributed by atoms with Crippen molar-refractivity contribution in [3.8, 4) is 0 Å². The van der Waals surface area contributed by atoms with Crippen molar-refractivity contribution < 1.29 is 8.42 Å². The summed E-state index contributed by atoms with van der Waals surface area (Å²) in [6.45, 7) is 5.46. The molecule has 15 heavy (non-hydrogen) atoms. The lowest BCUT2D eigenvalue weighted by molar-refractivity contribution is 0.535. The summed E-state index contributed by atoms with van der Waals surface area (Å²) in [4.78, 5) is 0. The molecule has 0 amide bonds. The van der Waals surface area contributed by atoms with E-state index in [1.807, 2.05) is 13.8 Å². The highest BCUT2D eigenvalue weighted by molar-refractivity contribution is 7.89. The van der Waals surface area contributed by atoms with Crippen LogP contribution in [0.3, 0.4) is 0 Å². The van der Waals surface area contributed by atoms with Crippen molar-refractivity contribution in [2.24, 2.45) is 5.92 Å². The highest BCUT2D eigenvalue weighted by Crippen LogP contribution is 2.08. The van der Waals surface area contributed by atoms with E-state index >= 15 is 0 Å². The number of sulfonamides is 1. The smallest absolute Gasteiger partial charge is 0.211 e. The Bertz CT molecular complexity index is 269. The minimum atomic E-state index is -3.05. The first-order valence-electron chi connectivity index (χ1n) is 5.70. The lowest BCUT2D eigenvalue weighted by atomic mass is 10.2. The molecule has 0 saturated carbocycles. The molecule has 1 rings (SSSR count). The van der Waals surface area contributed by atoms with E-state index in [0.717, 1.165) is 13.0 Å². The van der Waals surface area contributed by atoms with Crippen LogP contribution < -0.4 is 10.0 Å². The van der Waals surface area contributed by atoms with Crippen LogP contribution in [0.2, 0.25) is 0 Å². The molecule has 1 fully saturated rings. The molecule has 0 aromatic heterocycles.